The van der Waals surface area contributed by atoms with Crippen LogP contribution in [0.15, 0.2) is 29.1 Å². The van der Waals surface area contributed by atoms with Gasteiger partial charge in [0.1, 0.15) is 12.0 Å². The summed E-state index contributed by atoms with van der Waals surface area (Å²) in [5.74, 6) is 0.377. The van der Waals surface area contributed by atoms with Gasteiger partial charge in [0.15, 0.2) is 9.84 Å². The van der Waals surface area contributed by atoms with Gasteiger partial charge in [0, 0.05) is 17.8 Å². The fourth-order valence-corrected chi connectivity index (χ4v) is 3.50. The summed E-state index contributed by atoms with van der Waals surface area (Å²) in [4.78, 5) is 4.11. The zero-order valence-electron chi connectivity index (χ0n) is 12.9. The van der Waals surface area contributed by atoms with Crippen LogP contribution in [0.1, 0.15) is 37.7 Å². The van der Waals surface area contributed by atoms with Crippen molar-refractivity contribution in [3.8, 4) is 5.75 Å². The van der Waals surface area contributed by atoms with Gasteiger partial charge in [-0.25, -0.2) is 8.42 Å². The molecule has 2 aromatic heterocycles. The minimum atomic E-state index is -3.35. The van der Waals surface area contributed by atoms with Crippen LogP contribution in [-0.2, 0) is 27.8 Å². The molecule has 6 nitrogen and oxygen atoms in total. The molecule has 0 amide bonds. The standard InChI is InChI=1S/C15H20N2O4S/c1-4-15-12(8-20-17-15)9-22(18,19)10-13-7-14(5-6-16-13)21-11(2)3/h5-8,11H,4,9-10H2,1-3H3. The van der Waals surface area contributed by atoms with Crippen molar-refractivity contribution >= 4 is 9.84 Å². The first-order valence-electron chi connectivity index (χ1n) is 7.13. The third-order valence-corrected chi connectivity index (χ3v) is 4.45. The van der Waals surface area contributed by atoms with Crippen molar-refractivity contribution in [2.75, 3.05) is 0 Å². The summed E-state index contributed by atoms with van der Waals surface area (Å²) in [6.45, 7) is 5.73. The van der Waals surface area contributed by atoms with Gasteiger partial charge in [0.2, 0.25) is 0 Å². The molecule has 0 saturated heterocycles. The van der Waals surface area contributed by atoms with E-state index in [9.17, 15) is 8.42 Å². The molecule has 0 aliphatic rings. The second-order valence-electron chi connectivity index (χ2n) is 5.32. The molecule has 0 aliphatic carbocycles. The van der Waals surface area contributed by atoms with Crippen LogP contribution in [0.5, 0.6) is 5.75 Å². The summed E-state index contributed by atoms with van der Waals surface area (Å²) in [6, 6.07) is 3.37. The molecule has 0 bridgehead atoms. The Balaban J connectivity index is 2.12. The molecule has 120 valence electrons. The van der Waals surface area contributed by atoms with Crippen molar-refractivity contribution in [3.05, 3.63) is 41.5 Å². The molecule has 0 fully saturated rings. The van der Waals surface area contributed by atoms with Crippen LogP contribution in [0.3, 0.4) is 0 Å². The lowest BCUT2D eigenvalue weighted by atomic mass is 10.2. The highest BCUT2D eigenvalue weighted by Crippen LogP contribution is 2.18. The summed E-state index contributed by atoms with van der Waals surface area (Å²) in [6.07, 6.45) is 3.61. The maximum Gasteiger partial charge on any atom is 0.160 e. The van der Waals surface area contributed by atoms with Crippen molar-refractivity contribution < 1.29 is 17.7 Å². The Hall–Kier alpha value is -1.89. The number of pyridine rings is 1. The molecular formula is C15H20N2O4S. The normalized spacial score (nSPS) is 11.8. The smallest absolute Gasteiger partial charge is 0.160 e. The van der Waals surface area contributed by atoms with Crippen LogP contribution in [0, 0.1) is 0 Å². The van der Waals surface area contributed by atoms with E-state index in [0.29, 0.717) is 29.1 Å². The fraction of sp³-hybridized carbons (Fsp3) is 0.467. The largest absolute Gasteiger partial charge is 0.491 e. The minimum absolute atomic E-state index is 0.0241. The Bertz CT molecular complexity index is 723. The summed E-state index contributed by atoms with van der Waals surface area (Å²) >= 11 is 0. The highest BCUT2D eigenvalue weighted by atomic mass is 32.2. The number of ether oxygens (including phenoxy) is 1. The molecule has 2 rings (SSSR count). The highest BCUT2D eigenvalue weighted by Gasteiger charge is 2.18. The number of rotatable bonds is 7. The number of aryl methyl sites for hydroxylation is 1. The van der Waals surface area contributed by atoms with Gasteiger partial charge in [-0.2, -0.15) is 0 Å². The van der Waals surface area contributed by atoms with E-state index in [4.69, 9.17) is 9.26 Å². The molecule has 22 heavy (non-hydrogen) atoms. The van der Waals surface area contributed by atoms with Crippen LogP contribution in [0.2, 0.25) is 0 Å². The van der Waals surface area contributed by atoms with Crippen molar-refractivity contribution in [1.29, 1.82) is 0 Å². The van der Waals surface area contributed by atoms with Crippen LogP contribution in [0.4, 0.5) is 0 Å². The van der Waals surface area contributed by atoms with E-state index in [0.717, 1.165) is 0 Å². The van der Waals surface area contributed by atoms with Gasteiger partial charge in [-0.1, -0.05) is 12.1 Å². The summed E-state index contributed by atoms with van der Waals surface area (Å²) < 4.78 is 35.0. The predicted octanol–water partition coefficient (Wildman–Crippen LogP) is 2.53. The molecule has 7 heteroatoms. The number of aromatic nitrogens is 2. The van der Waals surface area contributed by atoms with E-state index in [-0.39, 0.29) is 17.6 Å². The maximum atomic E-state index is 12.3. The number of hydrogen-bond acceptors (Lipinski definition) is 6. The first-order valence-corrected chi connectivity index (χ1v) is 8.96. The first kappa shape index (κ1) is 16.5. The molecule has 0 spiro atoms. The number of hydrogen-bond donors (Lipinski definition) is 0. The van der Waals surface area contributed by atoms with E-state index < -0.39 is 9.84 Å². The molecule has 0 N–H and O–H groups in total. The summed E-state index contributed by atoms with van der Waals surface area (Å²) in [7, 11) is -3.35. The van der Waals surface area contributed by atoms with E-state index in [2.05, 4.69) is 10.1 Å². The summed E-state index contributed by atoms with van der Waals surface area (Å²) in [5, 5.41) is 3.80. The average Bonchev–Trinajstić information content (AvgIpc) is 2.84. The minimum Gasteiger partial charge on any atom is -0.491 e. The second kappa shape index (κ2) is 6.91. The Kier molecular flexibility index (Phi) is 5.18. The van der Waals surface area contributed by atoms with E-state index in [1.54, 1.807) is 18.3 Å². The maximum absolute atomic E-state index is 12.3. The molecule has 2 heterocycles. The van der Waals surface area contributed by atoms with Crippen molar-refractivity contribution in [2.24, 2.45) is 0 Å². The Morgan fingerprint density at radius 2 is 2.09 bits per heavy atom. The van der Waals surface area contributed by atoms with Crippen molar-refractivity contribution in [3.63, 3.8) is 0 Å². The lowest BCUT2D eigenvalue weighted by Crippen LogP contribution is -2.10. The van der Waals surface area contributed by atoms with Crippen LogP contribution in [-0.4, -0.2) is 24.7 Å². The van der Waals surface area contributed by atoms with Crippen LogP contribution < -0.4 is 4.74 Å². The lowest BCUT2D eigenvalue weighted by molar-refractivity contribution is 0.242. The molecular weight excluding hydrogens is 304 g/mol. The molecule has 0 aliphatic heterocycles. The van der Waals surface area contributed by atoms with E-state index in [1.807, 2.05) is 20.8 Å². The first-order chi connectivity index (χ1) is 10.4. The zero-order chi connectivity index (χ0) is 16.2. The van der Waals surface area contributed by atoms with Gasteiger partial charge in [0.25, 0.3) is 0 Å². The third-order valence-electron chi connectivity index (χ3n) is 2.97. The van der Waals surface area contributed by atoms with Crippen molar-refractivity contribution in [2.45, 2.75) is 44.8 Å². The third kappa shape index (κ3) is 4.56. The highest BCUT2D eigenvalue weighted by molar-refractivity contribution is 7.89. The topological polar surface area (TPSA) is 82.3 Å². The van der Waals surface area contributed by atoms with Gasteiger partial charge in [0.05, 0.1) is 29.0 Å². The monoisotopic (exact) mass is 324 g/mol. The van der Waals surface area contributed by atoms with Gasteiger partial charge < -0.3 is 9.26 Å². The SMILES string of the molecule is CCc1nocc1CS(=O)(=O)Cc1cc(OC(C)C)ccn1. The molecule has 0 unspecified atom stereocenters. The molecule has 2 aromatic rings. The lowest BCUT2D eigenvalue weighted by Gasteiger charge is -2.10. The van der Waals surface area contributed by atoms with Gasteiger partial charge in [-0.3, -0.25) is 4.98 Å². The fourth-order valence-electron chi connectivity index (χ4n) is 2.08. The molecule has 0 aromatic carbocycles. The Morgan fingerprint density at radius 1 is 1.32 bits per heavy atom. The summed E-state index contributed by atoms with van der Waals surface area (Å²) in [5.41, 5.74) is 1.75. The van der Waals surface area contributed by atoms with Gasteiger partial charge >= 0.3 is 0 Å². The van der Waals surface area contributed by atoms with E-state index >= 15 is 0 Å². The average molecular weight is 324 g/mol. The quantitative estimate of drug-likeness (QED) is 0.778. The predicted molar refractivity (Wildman–Crippen MR) is 82.2 cm³/mol. The number of nitrogens with zero attached hydrogens (tertiary/aromatic N) is 2. The second-order valence-corrected chi connectivity index (χ2v) is 7.39. The van der Waals surface area contributed by atoms with Crippen molar-refractivity contribution in [1.82, 2.24) is 10.1 Å². The molecule has 0 saturated carbocycles. The van der Waals surface area contributed by atoms with E-state index in [1.165, 1.54) is 6.26 Å². The Labute approximate surface area is 130 Å². The zero-order valence-corrected chi connectivity index (χ0v) is 13.8. The number of sulfone groups is 1. The molecule has 0 atom stereocenters. The molecule has 0 radical (unpaired) electrons. The van der Waals surface area contributed by atoms with Gasteiger partial charge in [-0.15, -0.1) is 0 Å². The Morgan fingerprint density at radius 3 is 2.77 bits per heavy atom. The van der Waals surface area contributed by atoms with Gasteiger partial charge in [-0.05, 0) is 26.3 Å². The van der Waals surface area contributed by atoms with Crippen LogP contribution in [0.25, 0.3) is 0 Å². The van der Waals surface area contributed by atoms with Crippen LogP contribution >= 0.6 is 0 Å².